The van der Waals surface area contributed by atoms with Gasteiger partial charge in [-0.25, -0.2) is 0 Å². The Bertz CT molecular complexity index is 694. The first-order valence-electron chi connectivity index (χ1n) is 5.61. The van der Waals surface area contributed by atoms with Crippen LogP contribution in [0.3, 0.4) is 0 Å². The Labute approximate surface area is 133 Å². The van der Waals surface area contributed by atoms with Crippen LogP contribution in [0.2, 0.25) is 0 Å². The molecule has 0 heterocycles. The summed E-state index contributed by atoms with van der Waals surface area (Å²) in [4.78, 5) is 20.4. The van der Waals surface area contributed by atoms with Gasteiger partial charge in [-0.2, -0.15) is 0 Å². The van der Waals surface area contributed by atoms with Crippen molar-refractivity contribution in [1.82, 2.24) is 0 Å². The molecule has 0 aliphatic rings. The molecule has 0 saturated carbocycles. The van der Waals surface area contributed by atoms with Crippen LogP contribution in [0.1, 0.15) is 0 Å². The minimum absolute atomic E-state index is 0.341. The molecule has 6 nitrogen and oxygen atoms in total. The number of rotatable bonds is 5. The van der Waals surface area contributed by atoms with Gasteiger partial charge in [0.2, 0.25) is 0 Å². The Morgan fingerprint density at radius 2 is 1.14 bits per heavy atom. The van der Waals surface area contributed by atoms with Crippen LogP contribution in [-0.2, 0) is 0 Å². The van der Waals surface area contributed by atoms with E-state index >= 15 is 0 Å². The SMILES string of the molecule is O=[N+]([O-])c1cc(F)ccc1[Se][Se]c1ccc(F)cc1[N+](=O)[O-]. The molecule has 0 N–H and O–H groups in total. The molecule has 0 radical (unpaired) electrons. The van der Waals surface area contributed by atoms with Crippen molar-refractivity contribution >= 4 is 46.6 Å². The van der Waals surface area contributed by atoms with E-state index in [1.54, 1.807) is 0 Å². The Morgan fingerprint density at radius 1 is 0.773 bits per heavy atom. The molecule has 0 bridgehead atoms. The van der Waals surface area contributed by atoms with E-state index in [-0.39, 0.29) is 11.4 Å². The molecule has 0 saturated heterocycles. The zero-order valence-corrected chi connectivity index (χ0v) is 14.0. The second-order valence-electron chi connectivity index (χ2n) is 3.90. The maximum atomic E-state index is 13.1. The fraction of sp³-hybridized carbons (Fsp3) is 0. The molecule has 0 unspecified atom stereocenters. The van der Waals surface area contributed by atoms with E-state index < -0.39 is 47.7 Å². The summed E-state index contributed by atoms with van der Waals surface area (Å²) >= 11 is -0.933. The van der Waals surface area contributed by atoms with Crippen LogP contribution in [-0.4, -0.2) is 36.1 Å². The normalized spacial score (nSPS) is 10.5. The fourth-order valence-corrected chi connectivity index (χ4v) is 8.34. The summed E-state index contributed by atoms with van der Waals surface area (Å²) in [5.74, 6) is -1.43. The summed E-state index contributed by atoms with van der Waals surface area (Å²) in [6.45, 7) is 0. The van der Waals surface area contributed by atoms with Gasteiger partial charge >= 0.3 is 133 Å². The second-order valence-corrected chi connectivity index (χ2v) is 10.1. The number of halogens is 2. The number of nitro benzene ring substituents is 2. The van der Waals surface area contributed by atoms with Gasteiger partial charge in [-0.15, -0.1) is 0 Å². The molecule has 0 aliphatic heterocycles. The summed E-state index contributed by atoms with van der Waals surface area (Å²) in [5, 5.41) is 21.8. The first-order chi connectivity index (χ1) is 10.4. The van der Waals surface area contributed by atoms with E-state index in [0.717, 1.165) is 24.3 Å². The molecule has 22 heavy (non-hydrogen) atoms. The molecule has 2 aromatic rings. The third-order valence-electron chi connectivity index (χ3n) is 2.46. The first-order valence-corrected chi connectivity index (χ1v) is 11.7. The topological polar surface area (TPSA) is 86.3 Å². The Morgan fingerprint density at radius 3 is 1.45 bits per heavy atom. The Balaban J connectivity index is 2.28. The van der Waals surface area contributed by atoms with Crippen molar-refractivity contribution in [2.24, 2.45) is 0 Å². The average molecular weight is 438 g/mol. The molecule has 0 atom stereocenters. The molecule has 0 aromatic heterocycles. The molecule has 10 heteroatoms. The van der Waals surface area contributed by atoms with Gasteiger partial charge in [-0.05, 0) is 0 Å². The molecular formula is C12H6F2N2O4Se2. The number of hydrogen-bond donors (Lipinski definition) is 0. The third-order valence-corrected chi connectivity index (χ3v) is 9.66. The van der Waals surface area contributed by atoms with Gasteiger partial charge < -0.3 is 0 Å². The monoisotopic (exact) mass is 440 g/mol. The van der Waals surface area contributed by atoms with E-state index in [9.17, 15) is 29.0 Å². The first kappa shape index (κ1) is 16.5. The van der Waals surface area contributed by atoms with Gasteiger partial charge in [-0.1, -0.05) is 0 Å². The molecule has 2 aromatic carbocycles. The zero-order chi connectivity index (χ0) is 16.3. The van der Waals surface area contributed by atoms with E-state index in [0.29, 0.717) is 8.92 Å². The molecule has 0 spiro atoms. The van der Waals surface area contributed by atoms with Crippen LogP contribution in [0.15, 0.2) is 36.4 Å². The summed E-state index contributed by atoms with van der Waals surface area (Å²) in [6, 6.07) is 6.49. The van der Waals surface area contributed by atoms with Crippen LogP contribution in [0.25, 0.3) is 0 Å². The van der Waals surface area contributed by atoms with Crippen LogP contribution < -0.4 is 8.92 Å². The van der Waals surface area contributed by atoms with Crippen molar-refractivity contribution in [3.05, 3.63) is 68.3 Å². The van der Waals surface area contributed by atoms with Gasteiger partial charge in [-0.3, -0.25) is 0 Å². The van der Waals surface area contributed by atoms with Crippen LogP contribution >= 0.6 is 0 Å². The van der Waals surface area contributed by atoms with Crippen molar-refractivity contribution in [2.75, 3.05) is 0 Å². The number of nitro groups is 2. The van der Waals surface area contributed by atoms with Crippen molar-refractivity contribution < 1.29 is 18.6 Å². The molecular weight excluding hydrogens is 432 g/mol. The van der Waals surface area contributed by atoms with Crippen molar-refractivity contribution in [3.63, 3.8) is 0 Å². The molecule has 114 valence electrons. The van der Waals surface area contributed by atoms with Gasteiger partial charge in [0, 0.05) is 0 Å². The molecule has 2 rings (SSSR count). The van der Waals surface area contributed by atoms with E-state index in [2.05, 4.69) is 0 Å². The van der Waals surface area contributed by atoms with Gasteiger partial charge in [0.1, 0.15) is 0 Å². The fourth-order valence-electron chi connectivity index (χ4n) is 1.50. The predicted octanol–water partition coefficient (Wildman–Crippen LogP) is 1.06. The Hall–Kier alpha value is -1.86. The van der Waals surface area contributed by atoms with Crippen molar-refractivity contribution in [2.45, 2.75) is 0 Å². The van der Waals surface area contributed by atoms with E-state index in [1.165, 1.54) is 12.1 Å². The second kappa shape index (κ2) is 6.93. The van der Waals surface area contributed by atoms with Crippen molar-refractivity contribution in [3.8, 4) is 0 Å². The van der Waals surface area contributed by atoms with Gasteiger partial charge in [0.15, 0.2) is 0 Å². The van der Waals surface area contributed by atoms with Crippen molar-refractivity contribution in [1.29, 1.82) is 0 Å². The van der Waals surface area contributed by atoms with Crippen LogP contribution in [0.5, 0.6) is 0 Å². The summed E-state index contributed by atoms with van der Waals surface area (Å²) in [7, 11) is 0. The van der Waals surface area contributed by atoms with Gasteiger partial charge in [0.25, 0.3) is 0 Å². The van der Waals surface area contributed by atoms with Gasteiger partial charge in [0.05, 0.1) is 0 Å². The summed E-state index contributed by atoms with van der Waals surface area (Å²) in [6.07, 6.45) is 0. The van der Waals surface area contributed by atoms with Crippen LogP contribution in [0.4, 0.5) is 20.2 Å². The summed E-state index contributed by atoms with van der Waals surface area (Å²) in [5.41, 5.74) is -0.682. The molecule has 0 fully saturated rings. The number of hydrogen-bond acceptors (Lipinski definition) is 4. The summed E-state index contributed by atoms with van der Waals surface area (Å²) < 4.78 is 26.8. The molecule has 0 aliphatic carbocycles. The standard InChI is InChI=1S/C12H6F2N2O4Se2/c13-7-1-3-11(9(5-7)15(17)18)21-22-12-4-2-8(14)6-10(12)16(19)20/h1-6H. The quantitative estimate of drug-likeness (QED) is 0.397. The predicted molar refractivity (Wildman–Crippen MR) is 76.9 cm³/mol. The number of benzene rings is 2. The van der Waals surface area contributed by atoms with E-state index in [1.807, 2.05) is 0 Å². The maximum absolute atomic E-state index is 13.1. The molecule has 0 amide bonds. The average Bonchev–Trinajstić information content (AvgIpc) is 2.46. The zero-order valence-electron chi connectivity index (χ0n) is 10.6. The van der Waals surface area contributed by atoms with E-state index in [4.69, 9.17) is 0 Å². The third kappa shape index (κ3) is 3.86. The Kier molecular flexibility index (Phi) is 5.20. The number of nitrogens with zero attached hydrogens (tertiary/aromatic N) is 2. The van der Waals surface area contributed by atoms with Crippen LogP contribution in [0, 0.1) is 31.9 Å². The minimum atomic E-state index is -0.716.